The van der Waals surface area contributed by atoms with Crippen molar-refractivity contribution in [1.82, 2.24) is 4.57 Å². The number of nitrogens with zero attached hydrogens (tertiary/aromatic N) is 1. The van der Waals surface area contributed by atoms with Crippen LogP contribution in [-0.4, -0.2) is 28.6 Å². The number of pyridine rings is 1. The summed E-state index contributed by atoms with van der Waals surface area (Å²) in [4.78, 5) is 24.0. The second kappa shape index (κ2) is 7.94. The maximum atomic E-state index is 12.0. The molecule has 0 radical (unpaired) electrons. The number of carbonyl (C=O) groups excluding carboxylic acids is 1. The van der Waals surface area contributed by atoms with Crippen LogP contribution in [0.5, 0.6) is 0 Å². The number of esters is 1. The van der Waals surface area contributed by atoms with E-state index in [1.165, 1.54) is 6.07 Å². The molecule has 0 aliphatic rings. The number of aryl methyl sites for hydroxylation is 1. The Morgan fingerprint density at radius 3 is 2.80 bits per heavy atom. The van der Waals surface area contributed by atoms with E-state index in [2.05, 4.69) is 6.58 Å². The molecule has 0 fully saturated rings. The van der Waals surface area contributed by atoms with E-state index in [1.54, 1.807) is 37.1 Å². The van der Waals surface area contributed by atoms with Crippen molar-refractivity contribution in [2.24, 2.45) is 0 Å². The standard InChI is InChI=1S/C15H21NO3S/c1-5-8-20-9-7-16-12(4)14(15(18)19-6-2)11(3)10-13(16)17/h5,10H,1,6-9H2,2-4H3. The fourth-order valence-electron chi connectivity index (χ4n) is 2.03. The molecular formula is C15H21NO3S. The number of carbonyl (C=O) groups is 1. The molecule has 20 heavy (non-hydrogen) atoms. The van der Waals surface area contributed by atoms with Gasteiger partial charge in [0.25, 0.3) is 5.56 Å². The minimum Gasteiger partial charge on any atom is -0.462 e. The third kappa shape index (κ3) is 4.00. The predicted octanol–water partition coefficient (Wildman–Crippen LogP) is 2.56. The maximum Gasteiger partial charge on any atom is 0.340 e. The Labute approximate surface area is 123 Å². The summed E-state index contributed by atoms with van der Waals surface area (Å²) in [6.45, 7) is 9.88. The lowest BCUT2D eigenvalue weighted by Crippen LogP contribution is -2.27. The first kappa shape index (κ1) is 16.6. The summed E-state index contributed by atoms with van der Waals surface area (Å²) in [7, 11) is 0. The summed E-state index contributed by atoms with van der Waals surface area (Å²) >= 11 is 1.70. The van der Waals surface area contributed by atoms with Crippen LogP contribution in [0.4, 0.5) is 0 Å². The van der Waals surface area contributed by atoms with Gasteiger partial charge in [-0.1, -0.05) is 6.08 Å². The Kier molecular flexibility index (Phi) is 6.58. The van der Waals surface area contributed by atoms with E-state index in [4.69, 9.17) is 4.74 Å². The first-order chi connectivity index (χ1) is 9.52. The van der Waals surface area contributed by atoms with Crippen LogP contribution in [0.1, 0.15) is 28.5 Å². The SMILES string of the molecule is C=CCSCCn1c(C)c(C(=O)OCC)c(C)cc1=O. The molecule has 1 aromatic rings. The van der Waals surface area contributed by atoms with Crippen molar-refractivity contribution in [1.29, 1.82) is 0 Å². The quantitative estimate of drug-likeness (QED) is 0.441. The zero-order valence-electron chi connectivity index (χ0n) is 12.3. The summed E-state index contributed by atoms with van der Waals surface area (Å²) in [5.41, 5.74) is 1.76. The van der Waals surface area contributed by atoms with Crippen LogP contribution in [0, 0.1) is 13.8 Å². The van der Waals surface area contributed by atoms with E-state index in [-0.39, 0.29) is 11.5 Å². The van der Waals surface area contributed by atoms with Crippen LogP contribution in [-0.2, 0) is 11.3 Å². The van der Waals surface area contributed by atoms with Gasteiger partial charge in [0.05, 0.1) is 12.2 Å². The van der Waals surface area contributed by atoms with E-state index >= 15 is 0 Å². The zero-order valence-corrected chi connectivity index (χ0v) is 13.1. The van der Waals surface area contributed by atoms with Gasteiger partial charge >= 0.3 is 5.97 Å². The van der Waals surface area contributed by atoms with Crippen molar-refractivity contribution in [3.63, 3.8) is 0 Å². The lowest BCUT2D eigenvalue weighted by molar-refractivity contribution is 0.0523. The summed E-state index contributed by atoms with van der Waals surface area (Å²) in [5.74, 6) is 1.29. The van der Waals surface area contributed by atoms with Crippen molar-refractivity contribution in [3.05, 3.63) is 45.9 Å². The Balaban J connectivity index is 3.06. The van der Waals surface area contributed by atoms with Crippen LogP contribution in [0.15, 0.2) is 23.5 Å². The first-order valence-corrected chi connectivity index (χ1v) is 7.75. The van der Waals surface area contributed by atoms with E-state index in [9.17, 15) is 9.59 Å². The predicted molar refractivity (Wildman–Crippen MR) is 83.7 cm³/mol. The highest BCUT2D eigenvalue weighted by molar-refractivity contribution is 7.99. The van der Waals surface area contributed by atoms with Gasteiger partial charge in [0.2, 0.25) is 0 Å². The molecule has 1 heterocycles. The topological polar surface area (TPSA) is 48.3 Å². The minimum atomic E-state index is -0.366. The second-order valence-electron chi connectivity index (χ2n) is 4.36. The second-order valence-corrected chi connectivity index (χ2v) is 5.51. The molecule has 0 bridgehead atoms. The molecule has 1 aromatic heterocycles. The highest BCUT2D eigenvalue weighted by Gasteiger charge is 2.17. The Hall–Kier alpha value is -1.49. The molecule has 0 saturated carbocycles. The third-order valence-corrected chi connectivity index (χ3v) is 3.88. The Morgan fingerprint density at radius 2 is 2.20 bits per heavy atom. The lowest BCUT2D eigenvalue weighted by Gasteiger charge is -2.15. The smallest absolute Gasteiger partial charge is 0.340 e. The van der Waals surface area contributed by atoms with E-state index in [0.717, 1.165) is 11.5 Å². The van der Waals surface area contributed by atoms with Crippen molar-refractivity contribution >= 4 is 17.7 Å². The van der Waals surface area contributed by atoms with Gasteiger partial charge in [-0.3, -0.25) is 4.79 Å². The van der Waals surface area contributed by atoms with Gasteiger partial charge in [-0.15, -0.1) is 6.58 Å². The molecule has 0 spiro atoms. The average molecular weight is 295 g/mol. The minimum absolute atomic E-state index is 0.0766. The van der Waals surface area contributed by atoms with Crippen LogP contribution >= 0.6 is 11.8 Å². The van der Waals surface area contributed by atoms with Crippen molar-refractivity contribution in [2.75, 3.05) is 18.1 Å². The fourth-order valence-corrected chi connectivity index (χ4v) is 2.68. The molecule has 0 N–H and O–H groups in total. The van der Waals surface area contributed by atoms with Gasteiger partial charge in [0, 0.05) is 29.8 Å². The van der Waals surface area contributed by atoms with Crippen LogP contribution in [0.2, 0.25) is 0 Å². The zero-order chi connectivity index (χ0) is 15.1. The largest absolute Gasteiger partial charge is 0.462 e. The van der Waals surface area contributed by atoms with Crippen LogP contribution < -0.4 is 5.56 Å². The van der Waals surface area contributed by atoms with Crippen LogP contribution in [0.3, 0.4) is 0 Å². The van der Waals surface area contributed by atoms with Crippen molar-refractivity contribution < 1.29 is 9.53 Å². The van der Waals surface area contributed by atoms with E-state index < -0.39 is 0 Å². The molecule has 0 aliphatic heterocycles. The molecule has 110 valence electrons. The molecule has 1 rings (SSSR count). The average Bonchev–Trinajstić information content (AvgIpc) is 2.37. The van der Waals surface area contributed by atoms with Gasteiger partial charge in [0.15, 0.2) is 0 Å². The van der Waals surface area contributed by atoms with Gasteiger partial charge < -0.3 is 9.30 Å². The van der Waals surface area contributed by atoms with Gasteiger partial charge in [-0.2, -0.15) is 11.8 Å². The van der Waals surface area contributed by atoms with Gasteiger partial charge in [-0.25, -0.2) is 4.79 Å². The first-order valence-electron chi connectivity index (χ1n) is 6.59. The highest BCUT2D eigenvalue weighted by atomic mass is 32.2. The molecule has 5 heteroatoms. The highest BCUT2D eigenvalue weighted by Crippen LogP contribution is 2.13. The molecule has 0 aliphatic carbocycles. The lowest BCUT2D eigenvalue weighted by atomic mass is 10.1. The third-order valence-electron chi connectivity index (χ3n) is 2.94. The summed E-state index contributed by atoms with van der Waals surface area (Å²) < 4.78 is 6.69. The number of thioether (sulfide) groups is 1. The Morgan fingerprint density at radius 1 is 1.50 bits per heavy atom. The molecule has 4 nitrogen and oxygen atoms in total. The molecule has 0 amide bonds. The van der Waals surface area contributed by atoms with Gasteiger partial charge in [0.1, 0.15) is 0 Å². The number of ether oxygens (including phenoxy) is 1. The van der Waals surface area contributed by atoms with E-state index in [0.29, 0.717) is 30.0 Å². The summed E-state index contributed by atoms with van der Waals surface area (Å²) in [6, 6.07) is 1.50. The van der Waals surface area contributed by atoms with Crippen molar-refractivity contribution in [3.8, 4) is 0 Å². The molecule has 0 aromatic carbocycles. The normalized spacial score (nSPS) is 10.3. The monoisotopic (exact) mass is 295 g/mol. The Bertz CT molecular complexity index is 549. The number of hydrogen-bond acceptors (Lipinski definition) is 4. The molecule has 0 atom stereocenters. The molecule has 0 unspecified atom stereocenters. The van der Waals surface area contributed by atoms with Crippen LogP contribution in [0.25, 0.3) is 0 Å². The van der Waals surface area contributed by atoms with E-state index in [1.807, 2.05) is 6.08 Å². The number of rotatable bonds is 7. The summed E-state index contributed by atoms with van der Waals surface area (Å²) in [6.07, 6.45) is 1.83. The summed E-state index contributed by atoms with van der Waals surface area (Å²) in [5, 5.41) is 0. The van der Waals surface area contributed by atoms with Gasteiger partial charge in [-0.05, 0) is 26.3 Å². The number of aromatic nitrogens is 1. The van der Waals surface area contributed by atoms with Crippen molar-refractivity contribution in [2.45, 2.75) is 27.3 Å². The fraction of sp³-hybridized carbons (Fsp3) is 0.467. The number of hydrogen-bond donors (Lipinski definition) is 0. The molecular weight excluding hydrogens is 274 g/mol. The molecule has 0 saturated heterocycles. The maximum absolute atomic E-state index is 12.0.